The first-order chi connectivity index (χ1) is 8.38. The second kappa shape index (κ2) is 4.65. The van der Waals surface area contributed by atoms with Crippen LogP contribution in [0.3, 0.4) is 0 Å². The molecule has 0 bridgehead atoms. The van der Waals surface area contributed by atoms with Crippen LogP contribution >= 0.6 is 11.6 Å². The van der Waals surface area contributed by atoms with Crippen molar-refractivity contribution in [3.63, 3.8) is 0 Å². The molecule has 0 spiro atoms. The van der Waals surface area contributed by atoms with Crippen LogP contribution in [0.4, 0.5) is 0 Å². The molecule has 0 fully saturated rings. The highest BCUT2D eigenvalue weighted by Crippen LogP contribution is 2.23. The molecule has 2 aromatic rings. The van der Waals surface area contributed by atoms with Gasteiger partial charge in [0.2, 0.25) is 5.28 Å². The van der Waals surface area contributed by atoms with Gasteiger partial charge in [-0.15, -0.1) is 10.2 Å². The molecule has 0 aliphatic carbocycles. The van der Waals surface area contributed by atoms with Crippen molar-refractivity contribution in [3.8, 4) is 0 Å². The van der Waals surface area contributed by atoms with Gasteiger partial charge in [-0.1, -0.05) is 20.8 Å². The van der Waals surface area contributed by atoms with Gasteiger partial charge in [-0.25, -0.2) is 9.97 Å². The normalized spacial score (nSPS) is 11.8. The summed E-state index contributed by atoms with van der Waals surface area (Å²) in [6.45, 7) is 8.66. The third kappa shape index (κ3) is 2.67. The molecule has 0 radical (unpaired) electrons. The summed E-state index contributed by atoms with van der Waals surface area (Å²) in [5.74, 6) is 1.60. The Hall–Kier alpha value is -1.49. The van der Waals surface area contributed by atoms with Crippen molar-refractivity contribution in [2.24, 2.45) is 0 Å². The van der Waals surface area contributed by atoms with Crippen LogP contribution in [-0.2, 0) is 12.0 Å². The third-order valence-corrected chi connectivity index (χ3v) is 2.81. The van der Waals surface area contributed by atoms with E-state index in [1.807, 2.05) is 17.6 Å². The predicted molar refractivity (Wildman–Crippen MR) is 69.6 cm³/mol. The predicted octanol–water partition coefficient (Wildman–Crippen LogP) is 2.38. The first-order valence-corrected chi connectivity index (χ1v) is 6.13. The number of hydrogen-bond acceptors (Lipinski definition) is 4. The average Bonchev–Trinajstić information content (AvgIpc) is 2.60. The quantitative estimate of drug-likeness (QED) is 0.837. The lowest BCUT2D eigenvalue weighted by atomic mass is 9.96. The lowest BCUT2D eigenvalue weighted by Gasteiger charge is -2.18. The summed E-state index contributed by atoms with van der Waals surface area (Å²) < 4.78 is 1.88. The molecule has 0 amide bonds. The van der Waals surface area contributed by atoms with Gasteiger partial charge in [-0.2, -0.15) is 0 Å². The van der Waals surface area contributed by atoms with Gasteiger partial charge in [-0.3, -0.25) is 4.57 Å². The number of halogens is 1. The second-order valence-corrected chi connectivity index (χ2v) is 5.56. The van der Waals surface area contributed by atoms with E-state index in [4.69, 9.17) is 11.6 Å². The van der Waals surface area contributed by atoms with E-state index in [9.17, 15) is 0 Å². The van der Waals surface area contributed by atoms with Gasteiger partial charge in [0.25, 0.3) is 0 Å². The van der Waals surface area contributed by atoms with Gasteiger partial charge < -0.3 is 0 Å². The van der Waals surface area contributed by atoms with Crippen LogP contribution in [0, 0.1) is 6.92 Å². The fourth-order valence-electron chi connectivity index (χ4n) is 1.73. The number of aryl methyl sites for hydroxylation is 1. The Morgan fingerprint density at radius 3 is 2.61 bits per heavy atom. The van der Waals surface area contributed by atoms with Crippen LogP contribution in [0.15, 0.2) is 12.3 Å². The summed E-state index contributed by atoms with van der Waals surface area (Å²) in [5, 5.41) is 8.47. The zero-order valence-corrected chi connectivity index (χ0v) is 11.7. The van der Waals surface area contributed by atoms with Gasteiger partial charge in [0.05, 0.1) is 12.2 Å². The van der Waals surface area contributed by atoms with Crippen LogP contribution in [0.25, 0.3) is 0 Å². The SMILES string of the molecule is Cc1nccc(Cn2c(Cl)nnc2C(C)(C)C)n1. The standard InChI is InChI=1S/C12H16ClN5/c1-8-14-6-5-9(15-8)7-18-10(12(2,3)4)16-17-11(18)13/h5-6H,7H2,1-4H3. The Bertz CT molecular complexity index is 556. The molecule has 18 heavy (non-hydrogen) atoms. The molecule has 2 rings (SSSR count). The largest absolute Gasteiger partial charge is 0.295 e. The van der Waals surface area contributed by atoms with Crippen molar-refractivity contribution in [2.75, 3.05) is 0 Å². The van der Waals surface area contributed by atoms with E-state index in [0.29, 0.717) is 11.8 Å². The first-order valence-electron chi connectivity index (χ1n) is 5.75. The monoisotopic (exact) mass is 265 g/mol. The van der Waals surface area contributed by atoms with Crippen molar-refractivity contribution >= 4 is 11.6 Å². The molecule has 0 N–H and O–H groups in total. The molecule has 2 aromatic heterocycles. The summed E-state index contributed by atoms with van der Waals surface area (Å²) >= 11 is 6.09. The number of nitrogens with zero attached hydrogens (tertiary/aromatic N) is 5. The van der Waals surface area contributed by atoms with Crippen molar-refractivity contribution in [1.82, 2.24) is 24.7 Å². The van der Waals surface area contributed by atoms with Crippen LogP contribution < -0.4 is 0 Å². The first kappa shape index (κ1) is 13.0. The zero-order chi connectivity index (χ0) is 13.3. The Morgan fingerprint density at radius 1 is 1.28 bits per heavy atom. The summed E-state index contributed by atoms with van der Waals surface area (Å²) in [4.78, 5) is 8.44. The minimum absolute atomic E-state index is 0.109. The molecule has 6 heteroatoms. The van der Waals surface area contributed by atoms with Crippen LogP contribution in [-0.4, -0.2) is 24.7 Å². The summed E-state index contributed by atoms with van der Waals surface area (Å²) in [7, 11) is 0. The molecule has 0 aromatic carbocycles. The fourth-order valence-corrected chi connectivity index (χ4v) is 1.91. The molecule has 0 unspecified atom stereocenters. The molecular weight excluding hydrogens is 250 g/mol. The van der Waals surface area contributed by atoms with E-state index < -0.39 is 0 Å². The van der Waals surface area contributed by atoms with Crippen molar-refractivity contribution in [2.45, 2.75) is 39.7 Å². The van der Waals surface area contributed by atoms with Crippen molar-refractivity contribution < 1.29 is 0 Å². The summed E-state index contributed by atoms with van der Waals surface area (Å²) in [5.41, 5.74) is 0.789. The molecule has 0 aliphatic heterocycles. The highest BCUT2D eigenvalue weighted by atomic mass is 35.5. The van der Waals surface area contributed by atoms with E-state index >= 15 is 0 Å². The van der Waals surface area contributed by atoms with E-state index in [1.54, 1.807) is 6.20 Å². The van der Waals surface area contributed by atoms with E-state index in [0.717, 1.165) is 17.3 Å². The van der Waals surface area contributed by atoms with Gasteiger partial charge in [-0.05, 0) is 24.6 Å². The number of hydrogen-bond donors (Lipinski definition) is 0. The van der Waals surface area contributed by atoms with Gasteiger partial charge in [0.1, 0.15) is 11.6 Å². The van der Waals surface area contributed by atoms with Crippen molar-refractivity contribution in [1.29, 1.82) is 0 Å². The van der Waals surface area contributed by atoms with E-state index in [1.165, 1.54) is 0 Å². The summed E-state index contributed by atoms with van der Waals surface area (Å²) in [6.07, 6.45) is 1.74. The number of aromatic nitrogens is 5. The van der Waals surface area contributed by atoms with Gasteiger partial charge in [0.15, 0.2) is 0 Å². The highest BCUT2D eigenvalue weighted by molar-refractivity contribution is 6.28. The molecule has 0 saturated heterocycles. The minimum Gasteiger partial charge on any atom is -0.295 e. The van der Waals surface area contributed by atoms with E-state index in [2.05, 4.69) is 40.9 Å². The van der Waals surface area contributed by atoms with Crippen molar-refractivity contribution in [3.05, 3.63) is 34.9 Å². The second-order valence-electron chi connectivity index (χ2n) is 5.22. The Morgan fingerprint density at radius 2 is 2.00 bits per heavy atom. The molecule has 96 valence electrons. The van der Waals surface area contributed by atoms with E-state index in [-0.39, 0.29) is 5.41 Å². The number of rotatable bonds is 2. The zero-order valence-electron chi connectivity index (χ0n) is 11.0. The van der Waals surface area contributed by atoms with Crippen LogP contribution in [0.1, 0.15) is 38.1 Å². The Labute approximate surface area is 111 Å². The summed E-state index contributed by atoms with van der Waals surface area (Å²) in [6, 6.07) is 1.87. The molecule has 5 nitrogen and oxygen atoms in total. The molecule has 0 aliphatic rings. The van der Waals surface area contributed by atoms with Gasteiger partial charge >= 0.3 is 0 Å². The Balaban J connectivity index is 2.37. The molecule has 0 saturated carbocycles. The maximum Gasteiger partial charge on any atom is 0.225 e. The maximum absolute atomic E-state index is 6.09. The minimum atomic E-state index is -0.109. The smallest absolute Gasteiger partial charge is 0.225 e. The Kier molecular flexibility index (Phi) is 3.34. The third-order valence-electron chi connectivity index (χ3n) is 2.53. The highest BCUT2D eigenvalue weighted by Gasteiger charge is 2.23. The average molecular weight is 266 g/mol. The molecule has 2 heterocycles. The lowest BCUT2D eigenvalue weighted by Crippen LogP contribution is -2.20. The topological polar surface area (TPSA) is 56.5 Å². The lowest BCUT2D eigenvalue weighted by molar-refractivity contribution is 0.508. The van der Waals surface area contributed by atoms with Crippen LogP contribution in [0.2, 0.25) is 5.28 Å². The van der Waals surface area contributed by atoms with Crippen LogP contribution in [0.5, 0.6) is 0 Å². The molecular formula is C12H16ClN5. The fraction of sp³-hybridized carbons (Fsp3) is 0.500. The molecule has 0 atom stereocenters. The van der Waals surface area contributed by atoms with Gasteiger partial charge in [0, 0.05) is 11.6 Å². The maximum atomic E-state index is 6.09.